The number of hydrogen-bond acceptors (Lipinski definition) is 5. The molecule has 1 aromatic rings. The molecule has 0 unspecified atom stereocenters. The minimum absolute atomic E-state index is 0.305. The van der Waals surface area contributed by atoms with Gasteiger partial charge in [0.05, 0.1) is 9.91 Å². The smallest absolute Gasteiger partial charge is 0.290 e. The molecule has 0 spiro atoms. The van der Waals surface area contributed by atoms with E-state index in [1.54, 1.807) is 17.4 Å². The number of carbonyl (C=O) groups is 2. The summed E-state index contributed by atoms with van der Waals surface area (Å²) in [6.07, 6.45) is 1.74. The van der Waals surface area contributed by atoms with Crippen LogP contribution in [0.4, 0.5) is 9.80 Å². The molecule has 0 radical (unpaired) electrons. The first-order valence-corrected chi connectivity index (χ1v) is 6.21. The first-order chi connectivity index (χ1) is 7.56. The average molecular weight is 254 g/mol. The Morgan fingerprint density at radius 3 is 2.56 bits per heavy atom. The van der Waals surface area contributed by atoms with Gasteiger partial charge in [0.15, 0.2) is 0 Å². The Hall–Kier alpha value is -1.27. The molecule has 1 aromatic heterocycles. The zero-order valence-electron chi connectivity index (χ0n) is 8.81. The molecule has 84 valence electrons. The number of nitrogens with zero attached hydrogens (tertiary/aromatic N) is 1. The van der Waals surface area contributed by atoms with Crippen molar-refractivity contribution in [3.05, 3.63) is 21.9 Å². The molecule has 0 atom stereocenters. The van der Waals surface area contributed by atoms with Crippen molar-refractivity contribution in [3.63, 3.8) is 0 Å². The molecule has 6 heteroatoms. The summed E-state index contributed by atoms with van der Waals surface area (Å²) in [6.45, 7) is 0. The third-order valence-corrected chi connectivity index (χ3v) is 3.98. The van der Waals surface area contributed by atoms with Gasteiger partial charge in [0, 0.05) is 19.0 Å². The van der Waals surface area contributed by atoms with Crippen molar-refractivity contribution in [3.8, 4) is 0 Å². The predicted molar refractivity (Wildman–Crippen MR) is 67.8 cm³/mol. The molecule has 2 heterocycles. The van der Waals surface area contributed by atoms with E-state index >= 15 is 0 Å². The molecule has 1 aliphatic rings. The Kier molecular flexibility index (Phi) is 3.02. The molecule has 1 saturated heterocycles. The van der Waals surface area contributed by atoms with Crippen LogP contribution in [-0.4, -0.2) is 25.2 Å². The molecule has 0 saturated carbocycles. The largest absolute Gasteiger partial charge is 0.370 e. The predicted octanol–water partition coefficient (Wildman–Crippen LogP) is 2.14. The summed E-state index contributed by atoms with van der Waals surface area (Å²) in [7, 11) is 3.92. The lowest BCUT2D eigenvalue weighted by atomic mass is 10.4. The molecular weight excluding hydrogens is 244 g/mol. The highest BCUT2D eigenvalue weighted by Crippen LogP contribution is 2.30. The van der Waals surface area contributed by atoms with Gasteiger partial charge in [-0.1, -0.05) is 0 Å². The lowest BCUT2D eigenvalue weighted by Gasteiger charge is -2.06. The van der Waals surface area contributed by atoms with Crippen LogP contribution in [0.25, 0.3) is 6.08 Å². The molecule has 1 N–H and O–H groups in total. The lowest BCUT2D eigenvalue weighted by molar-refractivity contribution is -0.115. The van der Waals surface area contributed by atoms with Crippen molar-refractivity contribution in [1.82, 2.24) is 5.32 Å². The van der Waals surface area contributed by atoms with Crippen molar-refractivity contribution < 1.29 is 9.59 Å². The second-order valence-corrected chi connectivity index (χ2v) is 5.53. The Morgan fingerprint density at radius 2 is 2.06 bits per heavy atom. The number of thiophene rings is 1. The van der Waals surface area contributed by atoms with E-state index < -0.39 is 0 Å². The van der Waals surface area contributed by atoms with Crippen LogP contribution in [0.15, 0.2) is 17.0 Å². The third kappa shape index (κ3) is 2.28. The van der Waals surface area contributed by atoms with Crippen molar-refractivity contribution >= 4 is 45.3 Å². The summed E-state index contributed by atoms with van der Waals surface area (Å²) >= 11 is 2.52. The van der Waals surface area contributed by atoms with E-state index in [1.807, 2.05) is 31.1 Å². The van der Waals surface area contributed by atoms with Crippen LogP contribution in [0, 0.1) is 0 Å². The van der Waals surface area contributed by atoms with Gasteiger partial charge in [-0.15, -0.1) is 11.3 Å². The Bertz CT molecular complexity index is 477. The number of imide groups is 1. The third-order valence-electron chi connectivity index (χ3n) is 1.97. The van der Waals surface area contributed by atoms with Crippen LogP contribution >= 0.6 is 23.1 Å². The Morgan fingerprint density at radius 1 is 1.31 bits per heavy atom. The normalized spacial score (nSPS) is 18.0. The average Bonchev–Trinajstić information content (AvgIpc) is 2.75. The molecule has 0 aromatic carbocycles. The molecular formula is C10H10N2O2S2. The highest BCUT2D eigenvalue weighted by Gasteiger charge is 2.25. The van der Waals surface area contributed by atoms with Crippen molar-refractivity contribution in [2.24, 2.45) is 0 Å². The van der Waals surface area contributed by atoms with Crippen molar-refractivity contribution in [2.75, 3.05) is 19.0 Å². The van der Waals surface area contributed by atoms with E-state index in [4.69, 9.17) is 0 Å². The minimum atomic E-state index is -0.310. The molecule has 1 aliphatic heterocycles. The minimum Gasteiger partial charge on any atom is -0.370 e. The summed E-state index contributed by atoms with van der Waals surface area (Å²) < 4.78 is 0. The second-order valence-electron chi connectivity index (χ2n) is 3.42. The fourth-order valence-corrected chi connectivity index (χ4v) is 2.83. The van der Waals surface area contributed by atoms with E-state index in [9.17, 15) is 9.59 Å². The van der Waals surface area contributed by atoms with E-state index in [0.29, 0.717) is 4.91 Å². The fourth-order valence-electron chi connectivity index (χ4n) is 1.21. The number of thioether (sulfide) groups is 1. The molecule has 16 heavy (non-hydrogen) atoms. The molecule has 0 aliphatic carbocycles. The SMILES string of the molecule is CN(C)c1ccc(/C=C2\SC(=O)NC2=O)s1. The van der Waals surface area contributed by atoms with Gasteiger partial charge in [0.1, 0.15) is 0 Å². The van der Waals surface area contributed by atoms with Gasteiger partial charge >= 0.3 is 0 Å². The zero-order chi connectivity index (χ0) is 11.7. The van der Waals surface area contributed by atoms with Gasteiger partial charge in [-0.25, -0.2) is 0 Å². The first kappa shape index (κ1) is 11.2. The van der Waals surface area contributed by atoms with E-state index in [0.717, 1.165) is 21.6 Å². The lowest BCUT2D eigenvalue weighted by Crippen LogP contribution is -2.17. The molecule has 0 bridgehead atoms. The van der Waals surface area contributed by atoms with Gasteiger partial charge < -0.3 is 4.90 Å². The summed E-state index contributed by atoms with van der Waals surface area (Å²) in [4.78, 5) is 25.7. The monoisotopic (exact) mass is 254 g/mol. The van der Waals surface area contributed by atoms with Crippen LogP contribution in [-0.2, 0) is 4.79 Å². The van der Waals surface area contributed by atoms with Crippen LogP contribution in [0.1, 0.15) is 4.88 Å². The standard InChI is InChI=1S/C10H10N2O2S2/c1-12(2)8-4-3-6(15-8)5-7-9(13)11-10(14)16-7/h3-5H,1-2H3,(H,11,13,14)/b7-5-. The van der Waals surface area contributed by atoms with Crippen molar-refractivity contribution in [1.29, 1.82) is 0 Å². The summed E-state index contributed by atoms with van der Waals surface area (Å²) in [5, 5.41) is 3.04. The topological polar surface area (TPSA) is 49.4 Å². The number of anilines is 1. The Balaban J connectivity index is 2.22. The van der Waals surface area contributed by atoms with Gasteiger partial charge in [0.25, 0.3) is 11.1 Å². The Labute approximate surface area is 101 Å². The van der Waals surface area contributed by atoms with Gasteiger partial charge in [0.2, 0.25) is 0 Å². The molecule has 4 nitrogen and oxygen atoms in total. The summed E-state index contributed by atoms with van der Waals surface area (Å²) in [5.41, 5.74) is 0. The van der Waals surface area contributed by atoms with E-state index in [-0.39, 0.29) is 11.1 Å². The number of amides is 2. The van der Waals surface area contributed by atoms with E-state index in [1.165, 1.54) is 0 Å². The van der Waals surface area contributed by atoms with Crippen molar-refractivity contribution in [2.45, 2.75) is 0 Å². The highest BCUT2D eigenvalue weighted by atomic mass is 32.2. The maximum absolute atomic E-state index is 11.3. The number of hydrogen-bond donors (Lipinski definition) is 1. The number of rotatable bonds is 2. The molecule has 2 rings (SSSR count). The van der Waals surface area contributed by atoms with Crippen LogP contribution < -0.4 is 10.2 Å². The molecule has 2 amide bonds. The van der Waals surface area contributed by atoms with Crippen LogP contribution in [0.5, 0.6) is 0 Å². The van der Waals surface area contributed by atoms with Crippen LogP contribution in [0.2, 0.25) is 0 Å². The highest BCUT2D eigenvalue weighted by molar-refractivity contribution is 8.18. The molecule has 1 fully saturated rings. The van der Waals surface area contributed by atoms with Gasteiger partial charge in [-0.2, -0.15) is 0 Å². The maximum atomic E-state index is 11.3. The second kappa shape index (κ2) is 4.31. The maximum Gasteiger partial charge on any atom is 0.290 e. The van der Waals surface area contributed by atoms with Crippen LogP contribution in [0.3, 0.4) is 0 Å². The van der Waals surface area contributed by atoms with Gasteiger partial charge in [-0.05, 0) is 30.0 Å². The number of nitrogens with one attached hydrogen (secondary N) is 1. The summed E-state index contributed by atoms with van der Waals surface area (Å²) in [6, 6.07) is 3.92. The zero-order valence-corrected chi connectivity index (χ0v) is 10.4. The van der Waals surface area contributed by atoms with E-state index in [2.05, 4.69) is 5.32 Å². The van der Waals surface area contributed by atoms with Gasteiger partial charge in [-0.3, -0.25) is 14.9 Å². The fraction of sp³-hybridized carbons (Fsp3) is 0.200. The summed E-state index contributed by atoms with van der Waals surface area (Å²) in [5.74, 6) is -0.310. The first-order valence-electron chi connectivity index (χ1n) is 4.58. The number of carbonyl (C=O) groups excluding carboxylic acids is 2. The quantitative estimate of drug-likeness (QED) is 0.821.